The van der Waals surface area contributed by atoms with Gasteiger partial charge in [-0.25, -0.2) is 0 Å². The molecule has 0 fully saturated rings. The standard InChI is InChI=1S/C13H13NO4/c1-8(15)18-7-11-10-6-13(17-2)12(16)5-9(10)3-4-14-11/h3-6,16H,7H2,1-2H3. The number of esters is 1. The van der Waals surface area contributed by atoms with Crippen molar-refractivity contribution >= 4 is 16.7 Å². The van der Waals surface area contributed by atoms with Gasteiger partial charge in [-0.15, -0.1) is 0 Å². The second-order valence-corrected chi connectivity index (χ2v) is 3.78. The fourth-order valence-corrected chi connectivity index (χ4v) is 1.70. The fourth-order valence-electron chi connectivity index (χ4n) is 1.70. The maximum atomic E-state index is 10.8. The largest absolute Gasteiger partial charge is 0.504 e. The Morgan fingerprint density at radius 3 is 2.89 bits per heavy atom. The van der Waals surface area contributed by atoms with Gasteiger partial charge in [-0.2, -0.15) is 0 Å². The molecule has 94 valence electrons. The zero-order valence-electron chi connectivity index (χ0n) is 10.1. The molecule has 1 aromatic carbocycles. The molecule has 0 aliphatic rings. The fraction of sp³-hybridized carbons (Fsp3) is 0.231. The molecule has 0 atom stereocenters. The third-order valence-corrected chi connectivity index (χ3v) is 2.56. The number of fused-ring (bicyclic) bond motifs is 1. The van der Waals surface area contributed by atoms with Crippen LogP contribution in [0.2, 0.25) is 0 Å². The molecule has 2 rings (SSSR count). The molecule has 0 amide bonds. The first-order chi connectivity index (χ1) is 8.61. The molecule has 18 heavy (non-hydrogen) atoms. The topological polar surface area (TPSA) is 68.7 Å². The lowest BCUT2D eigenvalue weighted by atomic mass is 10.1. The minimum Gasteiger partial charge on any atom is -0.504 e. The van der Waals surface area contributed by atoms with E-state index >= 15 is 0 Å². The van der Waals surface area contributed by atoms with Crippen LogP contribution in [0.5, 0.6) is 11.5 Å². The Hall–Kier alpha value is -2.30. The number of nitrogens with zero attached hydrogens (tertiary/aromatic N) is 1. The smallest absolute Gasteiger partial charge is 0.303 e. The van der Waals surface area contributed by atoms with Crippen LogP contribution in [-0.4, -0.2) is 23.2 Å². The van der Waals surface area contributed by atoms with E-state index in [0.717, 1.165) is 10.8 Å². The lowest BCUT2D eigenvalue weighted by Gasteiger charge is -2.09. The first kappa shape index (κ1) is 12.2. The lowest BCUT2D eigenvalue weighted by Crippen LogP contribution is -2.01. The molecule has 1 heterocycles. The number of pyridine rings is 1. The number of hydrogen-bond donors (Lipinski definition) is 1. The quantitative estimate of drug-likeness (QED) is 0.840. The van der Waals surface area contributed by atoms with Gasteiger partial charge in [0.15, 0.2) is 11.5 Å². The van der Waals surface area contributed by atoms with Crippen molar-refractivity contribution in [3.63, 3.8) is 0 Å². The normalized spacial score (nSPS) is 10.3. The van der Waals surface area contributed by atoms with Crippen LogP contribution in [0.25, 0.3) is 10.8 Å². The van der Waals surface area contributed by atoms with Gasteiger partial charge in [0.1, 0.15) is 6.61 Å². The summed E-state index contributed by atoms with van der Waals surface area (Å²) in [4.78, 5) is 15.0. The van der Waals surface area contributed by atoms with Crippen LogP contribution in [0.1, 0.15) is 12.6 Å². The summed E-state index contributed by atoms with van der Waals surface area (Å²) in [6, 6.07) is 5.04. The predicted molar refractivity (Wildman–Crippen MR) is 65.4 cm³/mol. The summed E-state index contributed by atoms with van der Waals surface area (Å²) in [6.45, 7) is 1.44. The maximum absolute atomic E-state index is 10.8. The second kappa shape index (κ2) is 4.91. The number of aromatic nitrogens is 1. The van der Waals surface area contributed by atoms with Crippen LogP contribution < -0.4 is 4.74 Å². The van der Waals surface area contributed by atoms with Gasteiger partial charge in [-0.3, -0.25) is 9.78 Å². The number of aromatic hydroxyl groups is 1. The first-order valence-electron chi connectivity index (χ1n) is 5.39. The number of phenolic OH excluding ortho intramolecular Hbond substituents is 1. The van der Waals surface area contributed by atoms with E-state index in [1.54, 1.807) is 24.4 Å². The molecule has 1 N–H and O–H groups in total. The van der Waals surface area contributed by atoms with Gasteiger partial charge < -0.3 is 14.6 Å². The number of rotatable bonds is 3. The minimum absolute atomic E-state index is 0.0645. The number of methoxy groups -OCH3 is 1. The Bertz CT molecular complexity index is 595. The van der Waals surface area contributed by atoms with Gasteiger partial charge in [-0.1, -0.05) is 0 Å². The van der Waals surface area contributed by atoms with Crippen molar-refractivity contribution in [2.75, 3.05) is 7.11 Å². The summed E-state index contributed by atoms with van der Waals surface area (Å²) in [7, 11) is 1.48. The monoisotopic (exact) mass is 247 g/mol. The molecule has 0 aliphatic carbocycles. The minimum atomic E-state index is -0.362. The predicted octanol–water partition coefficient (Wildman–Crippen LogP) is 2.01. The molecule has 0 saturated carbocycles. The number of benzene rings is 1. The Morgan fingerprint density at radius 1 is 1.44 bits per heavy atom. The molecule has 2 aromatic rings. The molecular formula is C13H13NO4. The van der Waals surface area contributed by atoms with Gasteiger partial charge in [0.2, 0.25) is 0 Å². The number of ether oxygens (including phenoxy) is 2. The van der Waals surface area contributed by atoms with Crippen LogP contribution >= 0.6 is 0 Å². The van der Waals surface area contributed by atoms with Crippen LogP contribution in [0.4, 0.5) is 0 Å². The molecular weight excluding hydrogens is 234 g/mol. The van der Waals surface area contributed by atoms with Gasteiger partial charge in [0, 0.05) is 18.5 Å². The summed E-state index contributed by atoms with van der Waals surface area (Å²) < 4.78 is 9.98. The molecule has 5 heteroatoms. The highest BCUT2D eigenvalue weighted by Gasteiger charge is 2.09. The van der Waals surface area contributed by atoms with Crippen LogP contribution in [-0.2, 0) is 16.1 Å². The summed E-state index contributed by atoms with van der Waals surface area (Å²) in [5.74, 6) is 0.0637. The van der Waals surface area contributed by atoms with Gasteiger partial charge in [-0.05, 0) is 23.6 Å². The summed E-state index contributed by atoms with van der Waals surface area (Å²) in [6.07, 6.45) is 1.60. The van der Waals surface area contributed by atoms with Crippen molar-refractivity contribution in [2.24, 2.45) is 0 Å². The van der Waals surface area contributed by atoms with Crippen molar-refractivity contribution in [3.8, 4) is 11.5 Å². The van der Waals surface area contributed by atoms with Gasteiger partial charge >= 0.3 is 5.97 Å². The van der Waals surface area contributed by atoms with Crippen LogP contribution in [0.15, 0.2) is 24.4 Å². The van der Waals surface area contributed by atoms with E-state index in [2.05, 4.69) is 4.98 Å². The molecule has 0 spiro atoms. The number of hydrogen-bond acceptors (Lipinski definition) is 5. The molecule has 1 aromatic heterocycles. The van der Waals surface area contributed by atoms with Crippen molar-refractivity contribution < 1.29 is 19.4 Å². The molecule has 0 unspecified atom stereocenters. The van der Waals surface area contributed by atoms with Gasteiger partial charge in [0.25, 0.3) is 0 Å². The van der Waals surface area contributed by atoms with E-state index < -0.39 is 0 Å². The molecule has 0 bridgehead atoms. The lowest BCUT2D eigenvalue weighted by molar-refractivity contribution is -0.142. The molecule has 5 nitrogen and oxygen atoms in total. The van der Waals surface area contributed by atoms with Crippen molar-refractivity contribution in [1.82, 2.24) is 4.98 Å². The van der Waals surface area contributed by atoms with E-state index in [9.17, 15) is 9.90 Å². The Labute approximate surface area is 104 Å². The van der Waals surface area contributed by atoms with E-state index in [0.29, 0.717) is 11.4 Å². The van der Waals surface area contributed by atoms with E-state index in [1.807, 2.05) is 0 Å². The molecule has 0 radical (unpaired) electrons. The summed E-state index contributed by atoms with van der Waals surface area (Å²) >= 11 is 0. The average molecular weight is 247 g/mol. The highest BCUT2D eigenvalue weighted by Crippen LogP contribution is 2.32. The second-order valence-electron chi connectivity index (χ2n) is 3.78. The van der Waals surface area contributed by atoms with Crippen LogP contribution in [0.3, 0.4) is 0 Å². The third-order valence-electron chi connectivity index (χ3n) is 2.56. The first-order valence-corrected chi connectivity index (χ1v) is 5.39. The van der Waals surface area contributed by atoms with Crippen LogP contribution in [0, 0.1) is 0 Å². The molecule has 0 aliphatic heterocycles. The average Bonchev–Trinajstić information content (AvgIpc) is 2.35. The molecule has 0 saturated heterocycles. The zero-order chi connectivity index (χ0) is 13.1. The summed E-state index contributed by atoms with van der Waals surface area (Å²) in [5.41, 5.74) is 0.626. The Kier molecular flexibility index (Phi) is 3.32. The Balaban J connectivity index is 2.49. The number of phenols is 1. The van der Waals surface area contributed by atoms with E-state index in [1.165, 1.54) is 14.0 Å². The van der Waals surface area contributed by atoms with Gasteiger partial charge in [0.05, 0.1) is 12.8 Å². The third kappa shape index (κ3) is 2.34. The van der Waals surface area contributed by atoms with Crippen molar-refractivity contribution in [1.29, 1.82) is 0 Å². The maximum Gasteiger partial charge on any atom is 0.303 e. The summed E-state index contributed by atoms with van der Waals surface area (Å²) in [5, 5.41) is 11.3. The number of carbonyl (C=O) groups is 1. The zero-order valence-corrected chi connectivity index (χ0v) is 10.1. The highest BCUT2D eigenvalue weighted by molar-refractivity contribution is 5.87. The Morgan fingerprint density at radius 2 is 2.22 bits per heavy atom. The van der Waals surface area contributed by atoms with Crippen molar-refractivity contribution in [2.45, 2.75) is 13.5 Å². The van der Waals surface area contributed by atoms with E-state index in [-0.39, 0.29) is 18.3 Å². The number of carbonyl (C=O) groups excluding carboxylic acids is 1. The SMILES string of the molecule is COc1cc2c(COC(C)=O)nccc2cc1O. The highest BCUT2D eigenvalue weighted by atomic mass is 16.5. The van der Waals surface area contributed by atoms with E-state index in [4.69, 9.17) is 9.47 Å². The van der Waals surface area contributed by atoms with Crippen molar-refractivity contribution in [3.05, 3.63) is 30.1 Å².